The van der Waals surface area contributed by atoms with Gasteiger partial charge in [-0.05, 0) is 39.7 Å². The van der Waals surface area contributed by atoms with Gasteiger partial charge < -0.3 is 30.4 Å². The zero-order valence-corrected chi connectivity index (χ0v) is 19.4. The van der Waals surface area contributed by atoms with Gasteiger partial charge in [-0.15, -0.1) is 0 Å². The third-order valence-electron chi connectivity index (χ3n) is 5.00. The molecule has 1 heterocycles. The molecular formula is C23H32N4O6. The van der Waals surface area contributed by atoms with E-state index in [2.05, 4.69) is 16.0 Å². The van der Waals surface area contributed by atoms with Crippen molar-refractivity contribution in [2.45, 2.75) is 64.3 Å². The van der Waals surface area contributed by atoms with Crippen molar-refractivity contribution in [3.63, 3.8) is 0 Å². The van der Waals surface area contributed by atoms with Gasteiger partial charge in [-0.2, -0.15) is 0 Å². The van der Waals surface area contributed by atoms with E-state index < -0.39 is 35.6 Å². The number of ether oxygens (including phenoxy) is 1. The minimum absolute atomic E-state index is 0.0348. The fourth-order valence-corrected chi connectivity index (χ4v) is 3.50. The van der Waals surface area contributed by atoms with Crippen molar-refractivity contribution in [2.24, 2.45) is 0 Å². The van der Waals surface area contributed by atoms with Crippen molar-refractivity contribution < 1.29 is 28.7 Å². The molecule has 1 aromatic carbocycles. The molecule has 180 valence electrons. The van der Waals surface area contributed by atoms with Gasteiger partial charge in [-0.25, -0.2) is 4.79 Å². The lowest BCUT2D eigenvalue weighted by molar-refractivity contribution is -0.135. The summed E-state index contributed by atoms with van der Waals surface area (Å²) in [5, 5.41) is 7.67. The molecule has 0 spiro atoms. The molecule has 4 amide bonds. The Kier molecular flexibility index (Phi) is 8.95. The molecule has 3 unspecified atom stereocenters. The number of hydrogen-bond acceptors (Lipinski definition) is 6. The van der Waals surface area contributed by atoms with Crippen LogP contribution in [-0.2, 0) is 30.3 Å². The minimum Gasteiger partial charge on any atom is -0.444 e. The van der Waals surface area contributed by atoms with E-state index in [0.717, 1.165) is 5.56 Å². The third kappa shape index (κ3) is 8.21. The topological polar surface area (TPSA) is 134 Å². The van der Waals surface area contributed by atoms with Crippen LogP contribution in [0, 0.1) is 0 Å². The van der Waals surface area contributed by atoms with Gasteiger partial charge in [0.25, 0.3) is 0 Å². The Morgan fingerprint density at radius 2 is 1.88 bits per heavy atom. The molecular weight excluding hydrogens is 428 g/mol. The van der Waals surface area contributed by atoms with Gasteiger partial charge >= 0.3 is 6.09 Å². The summed E-state index contributed by atoms with van der Waals surface area (Å²) in [4.78, 5) is 62.0. The van der Waals surface area contributed by atoms with E-state index in [4.69, 9.17) is 4.74 Å². The van der Waals surface area contributed by atoms with Crippen LogP contribution in [0.5, 0.6) is 0 Å². The number of carbonyl (C=O) groups excluding carboxylic acids is 5. The first-order valence-electron chi connectivity index (χ1n) is 10.8. The van der Waals surface area contributed by atoms with E-state index in [1.165, 1.54) is 4.90 Å². The van der Waals surface area contributed by atoms with Crippen molar-refractivity contribution in [3.8, 4) is 0 Å². The Morgan fingerprint density at radius 3 is 2.48 bits per heavy atom. The second kappa shape index (κ2) is 11.4. The lowest BCUT2D eigenvalue weighted by atomic mass is 10.0. The van der Waals surface area contributed by atoms with Crippen molar-refractivity contribution in [3.05, 3.63) is 35.9 Å². The normalized spacial score (nSPS) is 18.9. The third-order valence-corrected chi connectivity index (χ3v) is 5.00. The van der Waals surface area contributed by atoms with Gasteiger partial charge in [0.1, 0.15) is 30.5 Å². The Balaban J connectivity index is 2.03. The maximum atomic E-state index is 13.0. The number of benzene rings is 1. The first-order valence-corrected chi connectivity index (χ1v) is 10.8. The van der Waals surface area contributed by atoms with Crippen LogP contribution in [0.1, 0.15) is 39.7 Å². The molecule has 1 aliphatic heterocycles. The highest BCUT2D eigenvalue weighted by atomic mass is 16.6. The van der Waals surface area contributed by atoms with E-state index in [1.807, 2.05) is 30.3 Å². The smallest absolute Gasteiger partial charge is 0.408 e. The standard InChI is InChI=1S/C23H32N4O6/c1-15-12-18(21(31)27(15)10-11-28)26-20(30)17(13-16-8-6-5-7-9-16)25-19(29)14-24-22(32)33-23(2,3)4/h5-9,11,15,17-18H,10,12-14H2,1-4H3,(H,24,32)(H,25,29)(H,26,30). The fourth-order valence-electron chi connectivity index (χ4n) is 3.50. The highest BCUT2D eigenvalue weighted by Gasteiger charge is 2.38. The SMILES string of the molecule is CC1CC(NC(=O)C(Cc2ccccc2)NC(=O)CNC(=O)OC(C)(C)C)C(=O)N1CC=O. The Hall–Kier alpha value is -3.43. The molecule has 0 saturated carbocycles. The molecule has 0 aliphatic carbocycles. The molecule has 33 heavy (non-hydrogen) atoms. The summed E-state index contributed by atoms with van der Waals surface area (Å²) in [6, 6.07) is 7.17. The lowest BCUT2D eigenvalue weighted by Crippen LogP contribution is -2.54. The van der Waals surface area contributed by atoms with Crippen LogP contribution in [0.3, 0.4) is 0 Å². The van der Waals surface area contributed by atoms with Gasteiger partial charge in [0.15, 0.2) is 0 Å². The Bertz CT molecular complexity index is 867. The van der Waals surface area contributed by atoms with Crippen molar-refractivity contribution in [1.82, 2.24) is 20.9 Å². The number of nitrogens with one attached hydrogen (secondary N) is 3. The number of carbonyl (C=O) groups is 5. The van der Waals surface area contributed by atoms with E-state index in [9.17, 15) is 24.0 Å². The lowest BCUT2D eigenvalue weighted by Gasteiger charge is -2.22. The van der Waals surface area contributed by atoms with Crippen LogP contribution in [0.15, 0.2) is 30.3 Å². The summed E-state index contributed by atoms with van der Waals surface area (Å²) in [7, 11) is 0. The molecule has 0 bridgehead atoms. The number of alkyl carbamates (subject to hydrolysis) is 1. The molecule has 3 N–H and O–H groups in total. The first-order chi connectivity index (χ1) is 15.5. The fraction of sp³-hybridized carbons (Fsp3) is 0.522. The second-order valence-corrected chi connectivity index (χ2v) is 8.97. The second-order valence-electron chi connectivity index (χ2n) is 8.97. The predicted octanol–water partition coefficient (Wildman–Crippen LogP) is 0.543. The molecule has 0 aromatic heterocycles. The van der Waals surface area contributed by atoms with Gasteiger partial charge in [-0.3, -0.25) is 14.4 Å². The quantitative estimate of drug-likeness (QED) is 0.461. The predicted molar refractivity (Wildman–Crippen MR) is 120 cm³/mol. The molecule has 1 aromatic rings. The number of rotatable bonds is 9. The summed E-state index contributed by atoms with van der Waals surface area (Å²) >= 11 is 0. The van der Waals surface area contributed by atoms with Crippen LogP contribution in [0.2, 0.25) is 0 Å². The molecule has 2 rings (SSSR count). The molecule has 1 saturated heterocycles. The summed E-state index contributed by atoms with van der Waals surface area (Å²) in [5.41, 5.74) is 0.102. The van der Waals surface area contributed by atoms with Crippen molar-refractivity contribution >= 4 is 30.1 Å². The highest BCUT2D eigenvalue weighted by Crippen LogP contribution is 2.18. The summed E-state index contributed by atoms with van der Waals surface area (Å²) in [6.07, 6.45) is 0.459. The van der Waals surface area contributed by atoms with Crippen molar-refractivity contribution in [1.29, 1.82) is 0 Å². The summed E-state index contributed by atoms with van der Waals surface area (Å²) in [5.74, 6) is -1.44. The van der Waals surface area contributed by atoms with Gasteiger partial charge in [-0.1, -0.05) is 30.3 Å². The van der Waals surface area contributed by atoms with E-state index in [0.29, 0.717) is 12.7 Å². The zero-order valence-electron chi connectivity index (χ0n) is 19.4. The number of aldehydes is 1. The van der Waals surface area contributed by atoms with Crippen LogP contribution < -0.4 is 16.0 Å². The van der Waals surface area contributed by atoms with E-state index in [-0.39, 0.29) is 31.5 Å². The van der Waals surface area contributed by atoms with Gasteiger partial charge in [0.2, 0.25) is 17.7 Å². The molecule has 10 heteroatoms. The van der Waals surface area contributed by atoms with Crippen LogP contribution in [0.4, 0.5) is 4.79 Å². The van der Waals surface area contributed by atoms with Crippen LogP contribution in [0.25, 0.3) is 0 Å². The molecule has 0 radical (unpaired) electrons. The zero-order chi connectivity index (χ0) is 24.6. The Morgan fingerprint density at radius 1 is 1.21 bits per heavy atom. The average molecular weight is 461 g/mol. The molecule has 1 aliphatic rings. The number of amides is 4. The van der Waals surface area contributed by atoms with Crippen LogP contribution >= 0.6 is 0 Å². The molecule has 1 fully saturated rings. The highest BCUT2D eigenvalue weighted by molar-refractivity contribution is 5.94. The van der Waals surface area contributed by atoms with Gasteiger partial charge in [0, 0.05) is 12.5 Å². The van der Waals surface area contributed by atoms with Crippen LogP contribution in [-0.4, -0.2) is 71.8 Å². The minimum atomic E-state index is -0.969. The average Bonchev–Trinajstić information content (AvgIpc) is 2.99. The first kappa shape index (κ1) is 25.8. The number of hydrogen-bond donors (Lipinski definition) is 3. The summed E-state index contributed by atoms with van der Waals surface area (Å²) < 4.78 is 5.10. The maximum Gasteiger partial charge on any atom is 0.408 e. The Labute approximate surface area is 193 Å². The van der Waals surface area contributed by atoms with E-state index >= 15 is 0 Å². The number of nitrogens with zero attached hydrogens (tertiary/aromatic N) is 1. The molecule has 10 nitrogen and oxygen atoms in total. The number of likely N-dealkylation sites (tertiary alicyclic amines) is 1. The van der Waals surface area contributed by atoms with Crippen molar-refractivity contribution in [2.75, 3.05) is 13.1 Å². The summed E-state index contributed by atoms with van der Waals surface area (Å²) in [6.45, 7) is 6.50. The monoisotopic (exact) mass is 460 g/mol. The molecule has 3 atom stereocenters. The van der Waals surface area contributed by atoms with E-state index in [1.54, 1.807) is 27.7 Å². The largest absolute Gasteiger partial charge is 0.444 e. The maximum absolute atomic E-state index is 13.0. The van der Waals surface area contributed by atoms with Gasteiger partial charge in [0.05, 0.1) is 6.54 Å².